The Morgan fingerprint density at radius 1 is 1.47 bits per heavy atom. The first-order chi connectivity index (χ1) is 8.35. The standard InChI is InChI=1S/C9H10Cl4N2OS2.ClH/c1-2-3-5-4-6(16)15-8(14-5)17-18-9(12,13)7(10)11;/h4,7H,2-3H2,1H3,(H,14,15,16);1H. The van der Waals surface area contributed by atoms with Crippen LogP contribution in [0, 0.1) is 0 Å². The van der Waals surface area contributed by atoms with E-state index in [9.17, 15) is 4.79 Å². The molecule has 1 N–H and O–H groups in total. The fraction of sp³-hybridized carbons (Fsp3) is 0.556. The molecule has 3 nitrogen and oxygen atoms in total. The lowest BCUT2D eigenvalue weighted by Crippen LogP contribution is -2.16. The van der Waals surface area contributed by atoms with Crippen LogP contribution < -0.4 is 5.56 Å². The molecule has 0 aliphatic heterocycles. The molecule has 0 aliphatic carbocycles. The minimum atomic E-state index is -1.37. The number of hydrogen-bond donors (Lipinski definition) is 1. The summed E-state index contributed by atoms with van der Waals surface area (Å²) in [5.74, 6) is 0. The predicted octanol–water partition coefficient (Wildman–Crippen LogP) is 4.82. The number of aryl methyl sites for hydroxylation is 1. The number of aromatic amines is 1. The average Bonchev–Trinajstić information content (AvgIpc) is 2.26. The molecular weight excluding hydrogens is 394 g/mol. The molecule has 110 valence electrons. The molecular formula is C9H11Cl5N2OS2. The van der Waals surface area contributed by atoms with Gasteiger partial charge < -0.3 is 4.98 Å². The van der Waals surface area contributed by atoms with Gasteiger partial charge in [0.15, 0.2) is 9.99 Å². The highest BCUT2D eigenvalue weighted by molar-refractivity contribution is 8.77. The van der Waals surface area contributed by atoms with Crippen LogP contribution in [0.4, 0.5) is 0 Å². The highest BCUT2D eigenvalue weighted by Gasteiger charge is 2.34. The maximum absolute atomic E-state index is 11.4. The minimum Gasteiger partial charge on any atom is -0.301 e. The molecule has 0 saturated carbocycles. The van der Waals surface area contributed by atoms with E-state index in [1.165, 1.54) is 6.07 Å². The smallest absolute Gasteiger partial charge is 0.251 e. The topological polar surface area (TPSA) is 45.8 Å². The van der Waals surface area contributed by atoms with Crippen molar-refractivity contribution >= 4 is 80.4 Å². The molecule has 0 unspecified atom stereocenters. The molecule has 10 heteroatoms. The van der Waals surface area contributed by atoms with Crippen molar-refractivity contribution < 1.29 is 0 Å². The van der Waals surface area contributed by atoms with E-state index < -0.39 is 8.50 Å². The Morgan fingerprint density at radius 2 is 2.11 bits per heavy atom. The van der Waals surface area contributed by atoms with Gasteiger partial charge in [0.25, 0.3) is 5.56 Å². The van der Waals surface area contributed by atoms with Gasteiger partial charge in [-0.15, -0.1) is 35.6 Å². The van der Waals surface area contributed by atoms with Crippen LogP contribution in [-0.4, -0.2) is 18.5 Å². The van der Waals surface area contributed by atoms with Gasteiger partial charge in [0.05, 0.1) is 0 Å². The SMILES string of the molecule is CCCc1cc(=O)[nH]c(SSC(Cl)(Cl)C(Cl)Cl)n1.Cl. The van der Waals surface area contributed by atoms with E-state index in [0.717, 1.165) is 40.1 Å². The van der Waals surface area contributed by atoms with Gasteiger partial charge in [-0.1, -0.05) is 36.5 Å². The van der Waals surface area contributed by atoms with Crippen molar-refractivity contribution in [2.24, 2.45) is 0 Å². The van der Waals surface area contributed by atoms with Gasteiger partial charge in [-0.2, -0.15) is 0 Å². The maximum Gasteiger partial charge on any atom is 0.251 e. The normalized spacial score (nSPS) is 11.5. The fourth-order valence-corrected chi connectivity index (χ4v) is 3.84. The molecule has 1 rings (SSSR count). The molecule has 0 fully saturated rings. The third-order valence-electron chi connectivity index (χ3n) is 1.76. The van der Waals surface area contributed by atoms with Crippen LogP contribution in [0.3, 0.4) is 0 Å². The molecule has 0 amide bonds. The number of H-pyrrole nitrogens is 1. The summed E-state index contributed by atoms with van der Waals surface area (Å²) in [4.78, 5) is 17.3. The Kier molecular flexibility index (Phi) is 9.63. The van der Waals surface area contributed by atoms with E-state index >= 15 is 0 Å². The Hall–Kier alpha value is 1.03. The van der Waals surface area contributed by atoms with Crippen LogP contribution >= 0.6 is 80.4 Å². The van der Waals surface area contributed by atoms with Crippen molar-refractivity contribution in [3.8, 4) is 0 Å². The number of alkyl halides is 4. The van der Waals surface area contributed by atoms with E-state index in [2.05, 4.69) is 9.97 Å². The zero-order valence-corrected chi connectivity index (χ0v) is 15.1. The fourth-order valence-electron chi connectivity index (χ4n) is 1.04. The summed E-state index contributed by atoms with van der Waals surface area (Å²) < 4.78 is -1.37. The molecule has 0 aromatic carbocycles. The van der Waals surface area contributed by atoms with Gasteiger partial charge in [-0.3, -0.25) is 4.79 Å². The van der Waals surface area contributed by atoms with Crippen molar-refractivity contribution in [2.45, 2.75) is 33.4 Å². The quantitative estimate of drug-likeness (QED) is 0.419. The molecule has 0 spiro atoms. The summed E-state index contributed by atoms with van der Waals surface area (Å²) >= 11 is 23.0. The second-order valence-electron chi connectivity index (χ2n) is 3.32. The first-order valence-corrected chi connectivity index (χ1v) is 8.75. The highest BCUT2D eigenvalue weighted by atomic mass is 35.5. The predicted molar refractivity (Wildman–Crippen MR) is 89.5 cm³/mol. The summed E-state index contributed by atoms with van der Waals surface area (Å²) in [5, 5.41) is 0.426. The largest absolute Gasteiger partial charge is 0.301 e. The second kappa shape index (κ2) is 9.13. The number of nitrogens with zero attached hydrogens (tertiary/aromatic N) is 1. The Labute approximate surface area is 145 Å². The van der Waals surface area contributed by atoms with Gasteiger partial charge in [-0.05, 0) is 28.0 Å². The molecule has 1 aromatic rings. The van der Waals surface area contributed by atoms with E-state index in [1.54, 1.807) is 0 Å². The molecule has 0 radical (unpaired) electrons. The Morgan fingerprint density at radius 3 is 2.63 bits per heavy atom. The summed E-state index contributed by atoms with van der Waals surface area (Å²) in [6.07, 6.45) is 1.65. The molecule has 1 heterocycles. The van der Waals surface area contributed by atoms with E-state index in [-0.39, 0.29) is 18.0 Å². The number of halogens is 5. The summed E-state index contributed by atoms with van der Waals surface area (Å²) in [6.45, 7) is 2.01. The molecule has 0 bridgehead atoms. The van der Waals surface area contributed by atoms with Crippen LogP contribution in [0.25, 0.3) is 0 Å². The van der Waals surface area contributed by atoms with Gasteiger partial charge in [0.1, 0.15) is 0 Å². The number of aromatic nitrogens is 2. The first kappa shape index (κ1) is 20.0. The van der Waals surface area contributed by atoms with Crippen molar-refractivity contribution in [1.29, 1.82) is 0 Å². The lowest BCUT2D eigenvalue weighted by Gasteiger charge is -2.18. The van der Waals surface area contributed by atoms with E-state index in [0.29, 0.717) is 5.16 Å². The number of rotatable bonds is 6. The van der Waals surface area contributed by atoms with Crippen molar-refractivity contribution in [3.05, 3.63) is 22.1 Å². The van der Waals surface area contributed by atoms with E-state index in [1.807, 2.05) is 6.92 Å². The van der Waals surface area contributed by atoms with Gasteiger partial charge in [-0.25, -0.2) is 4.98 Å². The van der Waals surface area contributed by atoms with Crippen LogP contribution in [0.2, 0.25) is 0 Å². The lowest BCUT2D eigenvalue weighted by atomic mass is 10.2. The van der Waals surface area contributed by atoms with Crippen molar-refractivity contribution in [1.82, 2.24) is 9.97 Å². The van der Waals surface area contributed by atoms with Crippen LogP contribution in [0.5, 0.6) is 0 Å². The number of hydrogen-bond acceptors (Lipinski definition) is 4. The molecule has 19 heavy (non-hydrogen) atoms. The molecule has 0 saturated heterocycles. The van der Waals surface area contributed by atoms with Gasteiger partial charge in [0.2, 0.25) is 3.67 Å². The summed E-state index contributed by atoms with van der Waals surface area (Å²) in [7, 11) is 2.15. The number of nitrogens with one attached hydrogen (secondary N) is 1. The Bertz CT molecular complexity index is 454. The molecule has 0 aliphatic rings. The van der Waals surface area contributed by atoms with Crippen LogP contribution in [0.15, 0.2) is 16.0 Å². The van der Waals surface area contributed by atoms with Gasteiger partial charge in [0, 0.05) is 11.8 Å². The zero-order chi connectivity index (χ0) is 13.8. The van der Waals surface area contributed by atoms with Crippen molar-refractivity contribution in [2.75, 3.05) is 0 Å². The molecule has 1 aromatic heterocycles. The lowest BCUT2D eigenvalue weighted by molar-refractivity contribution is 0.818. The third kappa shape index (κ3) is 7.02. The second-order valence-corrected chi connectivity index (χ2v) is 8.62. The minimum absolute atomic E-state index is 0. The third-order valence-corrected chi connectivity index (χ3v) is 6.98. The summed E-state index contributed by atoms with van der Waals surface area (Å²) in [6, 6.07) is 1.47. The first-order valence-electron chi connectivity index (χ1n) is 4.97. The monoisotopic (exact) mass is 402 g/mol. The summed E-state index contributed by atoms with van der Waals surface area (Å²) in [5.41, 5.74) is 0.520. The highest BCUT2D eigenvalue weighted by Crippen LogP contribution is 2.50. The van der Waals surface area contributed by atoms with Crippen LogP contribution in [0.1, 0.15) is 19.0 Å². The zero-order valence-electron chi connectivity index (χ0n) is 9.66. The van der Waals surface area contributed by atoms with Gasteiger partial charge >= 0.3 is 0 Å². The van der Waals surface area contributed by atoms with E-state index in [4.69, 9.17) is 46.4 Å². The molecule has 0 atom stereocenters. The van der Waals surface area contributed by atoms with Crippen LogP contribution in [-0.2, 0) is 6.42 Å². The maximum atomic E-state index is 11.4. The average molecular weight is 405 g/mol. The van der Waals surface area contributed by atoms with Crippen molar-refractivity contribution in [3.63, 3.8) is 0 Å². The Balaban J connectivity index is 0.00000324.